The molecule has 0 radical (unpaired) electrons. The Hall–Kier alpha value is -1.21. The fraction of sp³-hybridized carbons (Fsp3) is 0. The highest BCUT2D eigenvalue weighted by molar-refractivity contribution is 8.11. The Morgan fingerprint density at radius 1 is 0.615 bits per heavy atom. The molecule has 0 unspecified atom stereocenters. The number of rotatable bonds is 0. The van der Waals surface area contributed by atoms with Crippen molar-refractivity contribution in [3.63, 3.8) is 0 Å². The number of hydrogen-bond donors (Lipinski definition) is 0. The number of hydrogen-bond acceptors (Lipinski definition) is 1. The molecule has 0 atom stereocenters. The van der Waals surface area contributed by atoms with Crippen LogP contribution in [-0.4, -0.2) is 0 Å². The minimum atomic E-state index is 1.31. The van der Waals surface area contributed by atoms with Crippen LogP contribution in [0.25, 0.3) is 10.8 Å². The molecule has 13 heavy (non-hydrogen) atoms. The number of benzene rings is 2. The van der Waals surface area contributed by atoms with Gasteiger partial charge in [0.1, 0.15) is 0 Å². The van der Waals surface area contributed by atoms with Gasteiger partial charge in [0.2, 0.25) is 0 Å². The maximum absolute atomic E-state index is 2.12. The molecule has 0 saturated heterocycles. The van der Waals surface area contributed by atoms with Gasteiger partial charge in [-0.2, -0.15) is 0 Å². The lowest BCUT2D eigenvalue weighted by Gasteiger charge is -1.92. The third-order valence-corrected chi connectivity index (χ3v) is 2.07. The molecular formula is C12H10S. The maximum atomic E-state index is 2.12. The van der Waals surface area contributed by atoms with Crippen molar-refractivity contribution >= 4 is 22.5 Å². The molecule has 0 N–H and O–H groups in total. The van der Waals surface area contributed by atoms with Gasteiger partial charge in [-0.25, -0.2) is 0 Å². The van der Waals surface area contributed by atoms with Crippen LogP contribution in [0.4, 0.5) is 0 Å². The molecule has 0 aromatic heterocycles. The molecule has 2 aromatic carbocycles. The smallest absolute Gasteiger partial charge is 0.0181 e. The quantitative estimate of drug-likeness (QED) is 0.598. The Kier molecular flexibility index (Phi) is 2.68. The fourth-order valence-corrected chi connectivity index (χ4v) is 1.13. The average molecular weight is 186 g/mol. The van der Waals surface area contributed by atoms with Gasteiger partial charge in [0.05, 0.1) is 0 Å². The summed E-state index contributed by atoms with van der Waals surface area (Å²) in [7, 11) is 0. The van der Waals surface area contributed by atoms with Crippen molar-refractivity contribution in [2.75, 3.05) is 0 Å². The molecular weight excluding hydrogens is 176 g/mol. The van der Waals surface area contributed by atoms with Gasteiger partial charge in [-0.05, 0) is 21.6 Å². The third kappa shape index (κ3) is 2.63. The van der Waals surface area contributed by atoms with E-state index < -0.39 is 0 Å². The van der Waals surface area contributed by atoms with Crippen molar-refractivity contribution in [1.82, 2.24) is 0 Å². The minimum Gasteiger partial charge on any atom is -0.105 e. The summed E-state index contributed by atoms with van der Waals surface area (Å²) < 4.78 is 0. The Morgan fingerprint density at radius 3 is 1.15 bits per heavy atom. The molecule has 0 bridgehead atoms. The number of thioether (sulfide) groups is 1. The van der Waals surface area contributed by atoms with E-state index >= 15 is 0 Å². The first-order valence-corrected chi connectivity index (χ1v) is 5.15. The van der Waals surface area contributed by atoms with Gasteiger partial charge < -0.3 is 0 Å². The first-order chi connectivity index (χ1) is 6.47. The summed E-state index contributed by atoms with van der Waals surface area (Å²) in [5.41, 5.74) is 0. The van der Waals surface area contributed by atoms with Gasteiger partial charge in [-0.3, -0.25) is 0 Å². The Bertz CT molecular complexity index is 349. The highest BCUT2D eigenvalue weighted by Crippen LogP contribution is 2.17. The van der Waals surface area contributed by atoms with Crippen molar-refractivity contribution < 1.29 is 0 Å². The summed E-state index contributed by atoms with van der Waals surface area (Å²) in [6.45, 7) is 0. The molecule has 0 saturated carbocycles. The van der Waals surface area contributed by atoms with Crippen molar-refractivity contribution in [3.8, 4) is 0 Å². The van der Waals surface area contributed by atoms with Crippen molar-refractivity contribution in [2.24, 2.45) is 0 Å². The van der Waals surface area contributed by atoms with Crippen molar-refractivity contribution in [3.05, 3.63) is 59.3 Å². The summed E-state index contributed by atoms with van der Waals surface area (Å²) in [6.07, 6.45) is 0. The molecule has 1 heteroatoms. The molecule has 3 rings (SSSR count). The van der Waals surface area contributed by atoms with Crippen LogP contribution in [0.15, 0.2) is 59.3 Å². The van der Waals surface area contributed by atoms with Crippen LogP contribution < -0.4 is 0 Å². The van der Waals surface area contributed by atoms with Crippen LogP contribution in [0.5, 0.6) is 0 Å². The Balaban J connectivity index is 0.000000185. The molecule has 1 heterocycles. The molecule has 0 aliphatic carbocycles. The molecule has 0 fully saturated rings. The second kappa shape index (κ2) is 4.15. The Labute approximate surface area is 82.3 Å². The number of fused-ring (bicyclic) bond motifs is 1. The van der Waals surface area contributed by atoms with Gasteiger partial charge in [0, 0.05) is 0 Å². The summed E-state index contributed by atoms with van der Waals surface area (Å²) in [6, 6.07) is 16.7. The summed E-state index contributed by atoms with van der Waals surface area (Å²) in [5, 5.41) is 6.70. The molecule has 1 aliphatic rings. The van der Waals surface area contributed by atoms with Gasteiger partial charge >= 0.3 is 0 Å². The van der Waals surface area contributed by atoms with Crippen LogP contribution in [0.3, 0.4) is 0 Å². The van der Waals surface area contributed by atoms with Crippen LogP contribution in [0, 0.1) is 0 Å². The SMILES string of the molecule is C1=CS1.c1ccc2ccccc2c1. The van der Waals surface area contributed by atoms with Gasteiger partial charge in [-0.1, -0.05) is 48.5 Å². The summed E-state index contributed by atoms with van der Waals surface area (Å²) in [5.74, 6) is 0. The zero-order chi connectivity index (χ0) is 8.93. The van der Waals surface area contributed by atoms with Gasteiger partial charge in [0.15, 0.2) is 0 Å². The van der Waals surface area contributed by atoms with Crippen molar-refractivity contribution in [2.45, 2.75) is 0 Å². The van der Waals surface area contributed by atoms with Crippen LogP contribution in [0.2, 0.25) is 0 Å². The largest absolute Gasteiger partial charge is 0.105 e. The molecule has 64 valence electrons. The van der Waals surface area contributed by atoms with E-state index in [0.29, 0.717) is 0 Å². The Morgan fingerprint density at radius 2 is 0.923 bits per heavy atom. The zero-order valence-corrected chi connectivity index (χ0v) is 8.00. The van der Waals surface area contributed by atoms with Crippen LogP contribution in [0.1, 0.15) is 0 Å². The van der Waals surface area contributed by atoms with Crippen LogP contribution >= 0.6 is 11.8 Å². The minimum absolute atomic E-state index is 1.31. The summed E-state index contributed by atoms with van der Waals surface area (Å²) in [4.78, 5) is 0. The normalized spacial score (nSPS) is 12.0. The van der Waals surface area contributed by atoms with E-state index in [0.717, 1.165) is 0 Å². The summed E-state index contributed by atoms with van der Waals surface area (Å²) >= 11 is 1.75. The first-order valence-electron chi connectivity index (χ1n) is 4.21. The van der Waals surface area contributed by atoms with E-state index in [9.17, 15) is 0 Å². The molecule has 1 aliphatic heterocycles. The van der Waals surface area contributed by atoms with Gasteiger partial charge in [0.25, 0.3) is 0 Å². The van der Waals surface area contributed by atoms with Crippen LogP contribution in [-0.2, 0) is 0 Å². The van der Waals surface area contributed by atoms with Crippen molar-refractivity contribution in [1.29, 1.82) is 0 Å². The van der Waals surface area contributed by atoms with Gasteiger partial charge in [-0.15, -0.1) is 11.8 Å². The predicted octanol–water partition coefficient (Wildman–Crippen LogP) is 4.04. The zero-order valence-electron chi connectivity index (χ0n) is 7.18. The monoisotopic (exact) mass is 186 g/mol. The fourth-order valence-electron chi connectivity index (χ4n) is 1.13. The predicted molar refractivity (Wildman–Crippen MR) is 60.7 cm³/mol. The van der Waals surface area contributed by atoms with E-state index in [1.165, 1.54) is 10.8 Å². The second-order valence-corrected chi connectivity index (χ2v) is 3.57. The van der Waals surface area contributed by atoms with E-state index in [-0.39, 0.29) is 0 Å². The van der Waals surface area contributed by atoms with E-state index in [1.807, 2.05) is 10.8 Å². The molecule has 0 nitrogen and oxygen atoms in total. The lowest BCUT2D eigenvalue weighted by Crippen LogP contribution is -1.67. The third-order valence-electron chi connectivity index (χ3n) is 1.79. The standard InChI is InChI=1S/C10H8.C2H2S/c1-2-6-10-8-4-3-7-9(10)5-1;1-2-3-1/h1-8H;1-2H. The second-order valence-electron chi connectivity index (χ2n) is 2.76. The van der Waals surface area contributed by atoms with E-state index in [2.05, 4.69) is 48.5 Å². The highest BCUT2D eigenvalue weighted by atomic mass is 32.2. The lowest BCUT2D eigenvalue weighted by molar-refractivity contribution is 1.75. The topological polar surface area (TPSA) is 0 Å². The highest BCUT2D eigenvalue weighted by Gasteiger charge is 1.85. The molecule has 2 aromatic rings. The first kappa shape index (κ1) is 8.39. The lowest BCUT2D eigenvalue weighted by atomic mass is 10.1. The van der Waals surface area contributed by atoms with E-state index in [4.69, 9.17) is 0 Å². The van der Waals surface area contributed by atoms with E-state index in [1.54, 1.807) is 11.8 Å². The molecule has 0 amide bonds. The molecule has 0 spiro atoms. The maximum Gasteiger partial charge on any atom is -0.0181 e. The average Bonchev–Trinajstić information content (AvgIpc) is 3.05.